The Hall–Kier alpha value is -10.5. The fraction of sp³-hybridized carbons (Fsp3) is 0.312. The zero-order valence-electron chi connectivity index (χ0n) is 48.7. The van der Waals surface area contributed by atoms with Crippen molar-refractivity contribution >= 4 is 70.2 Å². The first-order valence-electron chi connectivity index (χ1n) is 29.0. The molecule has 1 aliphatic rings. The number of ether oxygens (including phenoxy) is 1. The molecule has 0 saturated heterocycles. The summed E-state index contributed by atoms with van der Waals surface area (Å²) in [5.74, 6) is -6.32. The Morgan fingerprint density at radius 2 is 0.773 bits per heavy atom. The third-order valence-corrected chi connectivity index (χ3v) is 14.8. The Morgan fingerprint density at radius 3 is 1.23 bits per heavy atom. The number of benzene rings is 6. The maximum absolute atomic E-state index is 14.8. The number of hydrogen-bond donors (Lipinski definition) is 13. The Kier molecular flexibility index (Phi) is 24.1. The van der Waals surface area contributed by atoms with Gasteiger partial charge in [-0.15, -0.1) is 0 Å². The van der Waals surface area contributed by atoms with Crippen LogP contribution in [-0.4, -0.2) is 127 Å². The van der Waals surface area contributed by atoms with Gasteiger partial charge in [0, 0.05) is 44.8 Å². The molecule has 0 unspecified atom stereocenters. The largest absolute Gasteiger partial charge is 0.480 e. The lowest BCUT2D eigenvalue weighted by atomic mass is 9.98. The molecule has 6 aromatic rings. The third-order valence-electron chi connectivity index (χ3n) is 14.8. The number of nitrogens with zero attached hydrogens (tertiary/aromatic N) is 3. The van der Waals surface area contributed by atoms with Gasteiger partial charge in [0.15, 0.2) is 17.9 Å². The van der Waals surface area contributed by atoms with Gasteiger partial charge in [-0.25, -0.2) is 9.59 Å². The van der Waals surface area contributed by atoms with E-state index in [9.17, 15) is 38.7 Å². The standard InChI is InChI=1S/C64H77N15O9/c65-61(66)71-31-13-26-49(55(80)75-51(28-15-33-73-63(69)70)57(82)77-52(35-39-16-3-1-4-17-39)58(83)78-54(60(85)86)36-40-18-5-2-6-19-40)74-56(81)50(27-14-32-72-62(67)68)76-59(84)53(37-41-29-30-42-20-7-8-21-43(42)34-41)79-64(87)88-38-48-46-24-11-9-22-44(46)45-23-10-12-25-47(45)48/h1-12,16-25,29-30,34,48-54H,13-15,26-28,31-33,35-38H2,(H,74,81)(H,75,80)(H,76,84)(H,77,82)(H,78,83)(H,79,87)(H,85,86)(H4,65,66,71)(H4,67,68,72)(H4,69,70,73)/t49-,50-,51-,52+,53-,54+/m0/s1. The first kappa shape index (κ1) is 65.0. The number of hydrogen-bond acceptors (Lipinski definition) is 11. The molecule has 0 aliphatic heterocycles. The van der Waals surface area contributed by atoms with E-state index in [0.29, 0.717) is 16.7 Å². The van der Waals surface area contributed by atoms with Crippen LogP contribution in [0.15, 0.2) is 167 Å². The van der Waals surface area contributed by atoms with Crippen molar-refractivity contribution < 1.29 is 43.4 Å². The molecule has 0 saturated carbocycles. The minimum absolute atomic E-state index is 0.0268. The number of aliphatic imine (C=N–C) groups is 3. The molecular weight excluding hydrogens is 1120 g/mol. The average molecular weight is 1200 g/mol. The third kappa shape index (κ3) is 19.8. The quantitative estimate of drug-likeness (QED) is 0.0164. The van der Waals surface area contributed by atoms with E-state index in [1.807, 2.05) is 91.0 Å². The van der Waals surface area contributed by atoms with Crippen LogP contribution in [0.1, 0.15) is 72.3 Å². The SMILES string of the molecule is NC(N)=NCCC[C@H](NC(=O)[C@H](Cc1ccc2ccccc2c1)NC(=O)OCC1c2ccccc2-c2ccccc21)C(=O)N[C@@H](CCCN=C(N)N)C(=O)N[C@@H](CCCN=C(N)N)C(=O)N[C@H](Cc1ccccc1)C(=O)N[C@H](Cc1ccccc1)C(=O)O. The number of amides is 6. The molecule has 19 N–H and O–H groups in total. The van der Waals surface area contributed by atoms with Gasteiger partial charge in [-0.1, -0.05) is 152 Å². The van der Waals surface area contributed by atoms with Crippen molar-refractivity contribution in [2.45, 2.75) is 100.0 Å². The van der Waals surface area contributed by atoms with E-state index in [1.54, 1.807) is 60.7 Å². The zero-order valence-corrected chi connectivity index (χ0v) is 48.7. The summed E-state index contributed by atoms with van der Waals surface area (Å²) in [5, 5.41) is 28.4. The molecule has 0 aromatic heterocycles. The molecule has 6 aromatic carbocycles. The van der Waals surface area contributed by atoms with Crippen LogP contribution < -0.4 is 66.3 Å². The van der Waals surface area contributed by atoms with Gasteiger partial charge in [0.2, 0.25) is 29.5 Å². The van der Waals surface area contributed by atoms with E-state index in [0.717, 1.165) is 33.0 Å². The first-order chi connectivity index (χ1) is 42.4. The number of guanidine groups is 3. The first-order valence-corrected chi connectivity index (χ1v) is 29.0. The highest BCUT2D eigenvalue weighted by Gasteiger charge is 2.35. The van der Waals surface area contributed by atoms with Crippen LogP contribution in [0.2, 0.25) is 0 Å². The molecule has 0 bridgehead atoms. The predicted molar refractivity (Wildman–Crippen MR) is 337 cm³/mol. The predicted octanol–water partition coefficient (Wildman–Crippen LogP) is 2.44. The van der Waals surface area contributed by atoms with Crippen molar-refractivity contribution in [1.82, 2.24) is 31.9 Å². The normalized spacial score (nSPS) is 13.5. The number of aliphatic carboxylic acids is 1. The maximum atomic E-state index is 14.8. The highest BCUT2D eigenvalue weighted by Crippen LogP contribution is 2.44. The van der Waals surface area contributed by atoms with E-state index in [-0.39, 0.29) is 108 Å². The van der Waals surface area contributed by atoms with Crippen molar-refractivity contribution in [3.8, 4) is 11.1 Å². The minimum atomic E-state index is -1.42. The van der Waals surface area contributed by atoms with E-state index in [1.165, 1.54) is 0 Å². The van der Waals surface area contributed by atoms with Crippen LogP contribution in [-0.2, 0) is 52.8 Å². The lowest BCUT2D eigenvalue weighted by Gasteiger charge is -2.28. The van der Waals surface area contributed by atoms with Crippen molar-refractivity contribution in [2.75, 3.05) is 26.2 Å². The lowest BCUT2D eigenvalue weighted by molar-refractivity contribution is -0.142. The van der Waals surface area contributed by atoms with Crippen LogP contribution in [0.25, 0.3) is 21.9 Å². The summed E-state index contributed by atoms with van der Waals surface area (Å²) in [6.45, 7) is 0.0663. The van der Waals surface area contributed by atoms with Gasteiger partial charge < -0.3 is 76.1 Å². The van der Waals surface area contributed by atoms with Crippen LogP contribution in [0, 0.1) is 0 Å². The van der Waals surface area contributed by atoms with Crippen molar-refractivity contribution in [3.63, 3.8) is 0 Å². The number of nitrogens with two attached hydrogens (primary N) is 6. The van der Waals surface area contributed by atoms with E-state index >= 15 is 0 Å². The lowest BCUT2D eigenvalue weighted by Crippen LogP contribution is -2.60. The molecule has 0 heterocycles. The molecule has 0 spiro atoms. The molecule has 6 amide bonds. The molecule has 24 nitrogen and oxygen atoms in total. The fourth-order valence-corrected chi connectivity index (χ4v) is 10.4. The number of fused-ring (bicyclic) bond motifs is 4. The fourth-order valence-electron chi connectivity index (χ4n) is 10.4. The Morgan fingerprint density at radius 1 is 0.409 bits per heavy atom. The van der Waals surface area contributed by atoms with Gasteiger partial charge in [-0.2, -0.15) is 0 Å². The van der Waals surface area contributed by atoms with Crippen molar-refractivity contribution in [1.29, 1.82) is 0 Å². The zero-order chi connectivity index (χ0) is 63.0. The molecule has 7 rings (SSSR count). The molecule has 24 heteroatoms. The van der Waals surface area contributed by atoms with Gasteiger partial charge in [-0.05, 0) is 88.2 Å². The van der Waals surface area contributed by atoms with Gasteiger partial charge in [0.25, 0.3) is 0 Å². The van der Waals surface area contributed by atoms with E-state index in [2.05, 4.69) is 46.9 Å². The molecule has 0 radical (unpaired) electrons. The highest BCUT2D eigenvalue weighted by molar-refractivity contribution is 5.97. The highest BCUT2D eigenvalue weighted by atomic mass is 16.5. The molecule has 0 fully saturated rings. The second-order valence-electron chi connectivity index (χ2n) is 21.3. The molecule has 1 aliphatic carbocycles. The van der Waals surface area contributed by atoms with Gasteiger partial charge >= 0.3 is 12.1 Å². The van der Waals surface area contributed by atoms with Crippen LogP contribution in [0.3, 0.4) is 0 Å². The smallest absolute Gasteiger partial charge is 0.407 e. The summed E-state index contributed by atoms with van der Waals surface area (Å²) in [5.41, 5.74) is 39.8. The molecule has 6 atom stereocenters. The van der Waals surface area contributed by atoms with Crippen molar-refractivity contribution in [3.05, 3.63) is 179 Å². The maximum Gasteiger partial charge on any atom is 0.407 e. The van der Waals surface area contributed by atoms with Crippen molar-refractivity contribution in [2.24, 2.45) is 49.4 Å². The molecule has 88 heavy (non-hydrogen) atoms. The molecule has 462 valence electrons. The summed E-state index contributed by atoms with van der Waals surface area (Å²) >= 11 is 0. The topological polar surface area (TPSA) is 414 Å². The summed E-state index contributed by atoms with van der Waals surface area (Å²) in [4.78, 5) is 112. The summed E-state index contributed by atoms with van der Waals surface area (Å²) in [7, 11) is 0. The number of carboxylic acids is 1. The van der Waals surface area contributed by atoms with Crippen LogP contribution >= 0.6 is 0 Å². The number of nitrogens with one attached hydrogen (secondary N) is 6. The van der Waals surface area contributed by atoms with Crippen LogP contribution in [0.5, 0.6) is 0 Å². The van der Waals surface area contributed by atoms with E-state index < -0.39 is 77.8 Å². The van der Waals surface area contributed by atoms with Gasteiger partial charge in [0.05, 0.1) is 0 Å². The monoisotopic (exact) mass is 1200 g/mol. The Bertz CT molecular complexity index is 3420. The minimum Gasteiger partial charge on any atom is -0.480 e. The number of rotatable bonds is 32. The second kappa shape index (κ2) is 32.7. The van der Waals surface area contributed by atoms with Gasteiger partial charge in [-0.3, -0.25) is 38.9 Å². The Balaban J connectivity index is 1.14. The summed E-state index contributed by atoms with van der Waals surface area (Å²) < 4.78 is 5.91. The van der Waals surface area contributed by atoms with Gasteiger partial charge in [0.1, 0.15) is 42.9 Å². The average Bonchev–Trinajstić information content (AvgIpc) is 1.99. The number of carbonyl (C=O) groups excluding carboxylic acids is 6. The van der Waals surface area contributed by atoms with Crippen LogP contribution in [0.4, 0.5) is 4.79 Å². The second-order valence-corrected chi connectivity index (χ2v) is 21.3. The number of carboxylic acid groups (broad SMARTS) is 1. The summed E-state index contributed by atoms with van der Waals surface area (Å²) in [6, 6.07) is 38.2. The van der Waals surface area contributed by atoms with E-state index in [4.69, 9.17) is 39.1 Å². The molecular formula is C64H77N15O9. The summed E-state index contributed by atoms with van der Waals surface area (Å²) in [6.07, 6.45) is -0.888. The number of alkyl carbamates (subject to hydrolysis) is 1. The number of carbonyl (C=O) groups is 7. The Labute approximate surface area is 509 Å².